The summed E-state index contributed by atoms with van der Waals surface area (Å²) in [7, 11) is -3.45. The van der Waals surface area contributed by atoms with Crippen molar-refractivity contribution >= 4 is 33.2 Å². The van der Waals surface area contributed by atoms with Gasteiger partial charge in [0.25, 0.3) is 0 Å². The molecule has 0 radical (unpaired) electrons. The Hall–Kier alpha value is -0.880. The molecule has 3 rings (SSSR count). The number of nitrogens with one attached hydrogen (secondary N) is 2. The van der Waals surface area contributed by atoms with Crippen LogP contribution in [0.4, 0.5) is 0 Å². The number of hydrogen-bond donors (Lipinski definition) is 2. The molecule has 27 heavy (non-hydrogen) atoms. The average Bonchev–Trinajstić information content (AvgIpc) is 2.97. The van der Waals surface area contributed by atoms with Crippen molar-refractivity contribution in [3.05, 3.63) is 33.8 Å². The minimum Gasteiger partial charge on any atom is -0.253 e. The third-order valence-electron chi connectivity index (χ3n) is 5.69. The van der Waals surface area contributed by atoms with Crippen molar-refractivity contribution in [1.29, 1.82) is 5.26 Å². The van der Waals surface area contributed by atoms with Crippen molar-refractivity contribution in [3.63, 3.8) is 0 Å². The van der Waals surface area contributed by atoms with E-state index in [1.54, 1.807) is 16.4 Å². The fraction of sp³-hybridized carbons (Fsp3) is 0.611. The Kier molecular flexibility index (Phi) is 6.07. The Morgan fingerprint density at radius 1 is 1.22 bits per heavy atom. The molecular formula is C18H24Cl2N4O2S. The van der Waals surface area contributed by atoms with Crippen LogP contribution in [0, 0.1) is 16.7 Å². The van der Waals surface area contributed by atoms with Gasteiger partial charge < -0.3 is 0 Å². The Morgan fingerprint density at radius 3 is 2.33 bits per heavy atom. The van der Waals surface area contributed by atoms with Crippen LogP contribution >= 0.6 is 23.2 Å². The molecule has 2 N–H and O–H groups in total. The van der Waals surface area contributed by atoms with Crippen molar-refractivity contribution in [2.24, 2.45) is 5.41 Å². The first-order valence-corrected chi connectivity index (χ1v) is 11.3. The van der Waals surface area contributed by atoms with Crippen LogP contribution in [0.5, 0.6) is 0 Å². The monoisotopic (exact) mass is 430 g/mol. The number of sulfonamides is 1. The highest BCUT2D eigenvalue weighted by atomic mass is 35.5. The van der Waals surface area contributed by atoms with Crippen molar-refractivity contribution < 1.29 is 8.42 Å². The Bertz CT molecular complexity index is 837. The van der Waals surface area contributed by atoms with E-state index in [4.69, 9.17) is 23.2 Å². The maximum atomic E-state index is 13.1. The maximum absolute atomic E-state index is 13.1. The van der Waals surface area contributed by atoms with Crippen molar-refractivity contribution in [2.45, 2.75) is 50.4 Å². The molecule has 2 heterocycles. The van der Waals surface area contributed by atoms with Crippen LogP contribution < -0.4 is 10.9 Å². The molecule has 2 aliphatic heterocycles. The van der Waals surface area contributed by atoms with Gasteiger partial charge >= 0.3 is 0 Å². The van der Waals surface area contributed by atoms with Crippen LogP contribution in [-0.2, 0) is 16.4 Å². The molecule has 0 amide bonds. The first kappa shape index (κ1) is 20.8. The third-order valence-corrected chi connectivity index (χ3v) is 8.86. The molecule has 0 aromatic heterocycles. The van der Waals surface area contributed by atoms with E-state index >= 15 is 0 Å². The first-order chi connectivity index (χ1) is 12.7. The van der Waals surface area contributed by atoms with Crippen LogP contribution in [-0.4, -0.2) is 43.1 Å². The zero-order chi connectivity index (χ0) is 19.8. The van der Waals surface area contributed by atoms with E-state index in [-0.39, 0.29) is 12.1 Å². The van der Waals surface area contributed by atoms with Gasteiger partial charge in [-0.2, -0.15) is 5.26 Å². The van der Waals surface area contributed by atoms with Crippen LogP contribution in [0.15, 0.2) is 18.2 Å². The van der Waals surface area contributed by atoms with E-state index < -0.39 is 20.7 Å². The van der Waals surface area contributed by atoms with Crippen molar-refractivity contribution in [3.8, 4) is 6.07 Å². The molecule has 1 aromatic carbocycles. The minimum absolute atomic E-state index is 0.166. The summed E-state index contributed by atoms with van der Waals surface area (Å²) in [5, 5.41) is 10.4. The number of rotatable bonds is 4. The maximum Gasteiger partial charge on any atom is 0.220 e. The zero-order valence-electron chi connectivity index (χ0n) is 15.4. The number of benzene rings is 1. The molecule has 2 aliphatic rings. The van der Waals surface area contributed by atoms with Crippen LogP contribution in [0.3, 0.4) is 0 Å². The molecule has 2 saturated heterocycles. The molecule has 0 aliphatic carbocycles. The van der Waals surface area contributed by atoms with Crippen LogP contribution in [0.1, 0.15) is 32.3 Å². The smallest absolute Gasteiger partial charge is 0.220 e. The fourth-order valence-corrected chi connectivity index (χ4v) is 6.75. The molecule has 2 atom stereocenters. The summed E-state index contributed by atoms with van der Waals surface area (Å²) >= 11 is 12.2. The number of hydrogen-bond acceptors (Lipinski definition) is 5. The lowest BCUT2D eigenvalue weighted by Gasteiger charge is -2.38. The molecule has 0 spiro atoms. The van der Waals surface area contributed by atoms with E-state index in [9.17, 15) is 13.7 Å². The van der Waals surface area contributed by atoms with Gasteiger partial charge in [0.2, 0.25) is 10.0 Å². The number of hydrazine groups is 1. The SMILES string of the molecule is CC1NNC(C)C1S(=O)(=O)N1CCC(C#N)(Cc2ccc(Cl)cc2Cl)CC1. The molecule has 6 nitrogen and oxygen atoms in total. The van der Waals surface area contributed by atoms with Gasteiger partial charge in [0.15, 0.2) is 0 Å². The molecule has 9 heteroatoms. The summed E-state index contributed by atoms with van der Waals surface area (Å²) in [4.78, 5) is 0. The summed E-state index contributed by atoms with van der Waals surface area (Å²) < 4.78 is 27.7. The predicted octanol–water partition coefficient (Wildman–Crippen LogP) is 2.72. The van der Waals surface area contributed by atoms with Gasteiger partial charge in [-0.1, -0.05) is 29.3 Å². The molecule has 148 valence electrons. The minimum atomic E-state index is -3.45. The Morgan fingerprint density at radius 2 is 1.81 bits per heavy atom. The van der Waals surface area contributed by atoms with Crippen molar-refractivity contribution in [1.82, 2.24) is 15.2 Å². The van der Waals surface area contributed by atoms with Gasteiger partial charge in [-0.15, -0.1) is 0 Å². The highest BCUT2D eigenvalue weighted by molar-refractivity contribution is 7.89. The first-order valence-electron chi connectivity index (χ1n) is 9.04. The number of nitriles is 1. The molecule has 2 unspecified atom stereocenters. The van der Waals surface area contributed by atoms with E-state index in [0.717, 1.165) is 5.56 Å². The summed E-state index contributed by atoms with van der Waals surface area (Å²) in [6.07, 6.45) is 1.46. The summed E-state index contributed by atoms with van der Waals surface area (Å²) in [6, 6.07) is 7.37. The van der Waals surface area contributed by atoms with Gasteiger partial charge in [0.05, 0.1) is 11.5 Å². The zero-order valence-corrected chi connectivity index (χ0v) is 17.7. The fourth-order valence-electron chi connectivity index (χ4n) is 4.07. The Balaban J connectivity index is 1.73. The predicted molar refractivity (Wildman–Crippen MR) is 107 cm³/mol. The lowest BCUT2D eigenvalue weighted by molar-refractivity contribution is 0.210. The lowest BCUT2D eigenvalue weighted by atomic mass is 9.75. The van der Waals surface area contributed by atoms with Gasteiger partial charge in [-0.3, -0.25) is 10.9 Å². The lowest BCUT2D eigenvalue weighted by Crippen LogP contribution is -2.51. The number of halogens is 2. The second-order valence-electron chi connectivity index (χ2n) is 7.58. The summed E-state index contributed by atoms with van der Waals surface area (Å²) in [5.74, 6) is 0. The largest absolute Gasteiger partial charge is 0.253 e. The Labute approximate surface area is 170 Å². The molecule has 1 aromatic rings. The second-order valence-corrected chi connectivity index (χ2v) is 10.5. The number of piperidine rings is 1. The van der Waals surface area contributed by atoms with Gasteiger partial charge in [-0.25, -0.2) is 12.7 Å². The van der Waals surface area contributed by atoms with Crippen LogP contribution in [0.2, 0.25) is 10.0 Å². The molecule has 0 bridgehead atoms. The van der Waals surface area contributed by atoms with Gasteiger partial charge in [0.1, 0.15) is 5.25 Å². The summed E-state index contributed by atoms with van der Waals surface area (Å²) in [6.45, 7) is 4.42. The third kappa shape index (κ3) is 4.12. The molecular weight excluding hydrogens is 407 g/mol. The van der Waals surface area contributed by atoms with Gasteiger partial charge in [-0.05, 0) is 50.8 Å². The highest BCUT2D eigenvalue weighted by Crippen LogP contribution is 2.38. The molecule has 2 fully saturated rings. The van der Waals surface area contributed by atoms with E-state index in [2.05, 4.69) is 16.9 Å². The topological polar surface area (TPSA) is 85.2 Å². The normalized spacial score (nSPS) is 28.8. The van der Waals surface area contributed by atoms with Crippen LogP contribution in [0.25, 0.3) is 0 Å². The number of nitrogens with zero attached hydrogens (tertiary/aromatic N) is 2. The standard InChI is InChI=1S/C18H24Cl2N4O2S/c1-12-17(13(2)23-22-12)27(25,26)24-7-5-18(11-21,6-8-24)10-14-3-4-15(19)9-16(14)20/h3-4,9,12-13,17,22-23H,5-8,10H2,1-2H3. The van der Waals surface area contributed by atoms with E-state index in [1.165, 1.54) is 0 Å². The van der Waals surface area contributed by atoms with E-state index in [0.29, 0.717) is 42.4 Å². The average molecular weight is 431 g/mol. The summed E-state index contributed by atoms with van der Waals surface area (Å²) in [5.41, 5.74) is 6.25. The van der Waals surface area contributed by atoms with Gasteiger partial charge in [0, 0.05) is 35.2 Å². The van der Waals surface area contributed by atoms with E-state index in [1.807, 2.05) is 19.9 Å². The highest BCUT2D eigenvalue weighted by Gasteiger charge is 2.46. The van der Waals surface area contributed by atoms with Crippen molar-refractivity contribution in [2.75, 3.05) is 13.1 Å². The second kappa shape index (κ2) is 7.86. The quantitative estimate of drug-likeness (QED) is 0.766. The molecule has 0 saturated carbocycles.